The zero-order valence-corrected chi connectivity index (χ0v) is 11.9. The van der Waals surface area contributed by atoms with Crippen molar-refractivity contribution in [3.8, 4) is 5.75 Å². The van der Waals surface area contributed by atoms with E-state index in [1.807, 2.05) is 18.2 Å². The normalized spacial score (nSPS) is 10.8. The number of H-pyrrole nitrogens is 1. The van der Waals surface area contributed by atoms with E-state index in [0.29, 0.717) is 18.1 Å². The summed E-state index contributed by atoms with van der Waals surface area (Å²) in [5.41, 5.74) is 2.21. The highest BCUT2D eigenvalue weighted by molar-refractivity contribution is 14.1. The molecule has 0 aliphatic heterocycles. The molecule has 2 aromatic heterocycles. The molecule has 2 heterocycles. The Morgan fingerprint density at radius 3 is 3.11 bits per heavy atom. The van der Waals surface area contributed by atoms with Crippen LogP contribution in [-0.4, -0.2) is 25.0 Å². The summed E-state index contributed by atoms with van der Waals surface area (Å²) >= 11 is 2.09. The number of imidazole rings is 1. The standard InChI is InChI=1S/C12H10IN5O/c13-8-3-1-2-7(10(8)19)4-14-12-15-5-9-11(18-12)17-6-16-9/h1-3,5-6,19H,4H2,(H2,14,15,16,17,18). The molecule has 3 N–H and O–H groups in total. The van der Waals surface area contributed by atoms with Crippen LogP contribution in [-0.2, 0) is 6.54 Å². The second kappa shape index (κ2) is 5.00. The maximum absolute atomic E-state index is 9.91. The molecule has 19 heavy (non-hydrogen) atoms. The lowest BCUT2D eigenvalue weighted by Gasteiger charge is -2.07. The number of phenolic OH excluding ortho intramolecular Hbond substituents is 1. The fraction of sp³-hybridized carbons (Fsp3) is 0.0833. The monoisotopic (exact) mass is 367 g/mol. The summed E-state index contributed by atoms with van der Waals surface area (Å²) in [6.07, 6.45) is 3.25. The molecule has 3 rings (SSSR count). The van der Waals surface area contributed by atoms with Gasteiger partial charge in [0.2, 0.25) is 5.95 Å². The first-order valence-electron chi connectivity index (χ1n) is 5.60. The number of aromatic amines is 1. The predicted molar refractivity (Wildman–Crippen MR) is 79.8 cm³/mol. The quantitative estimate of drug-likeness (QED) is 0.619. The Bertz CT molecular complexity index is 727. The molecule has 0 aliphatic carbocycles. The first-order valence-corrected chi connectivity index (χ1v) is 6.68. The number of aromatic nitrogens is 4. The first-order chi connectivity index (χ1) is 9.24. The number of nitrogens with zero attached hydrogens (tertiary/aromatic N) is 3. The molecule has 0 spiro atoms. The number of benzene rings is 1. The van der Waals surface area contributed by atoms with Crippen molar-refractivity contribution in [2.75, 3.05) is 5.32 Å². The number of para-hydroxylation sites is 1. The number of phenols is 1. The number of hydrogen-bond donors (Lipinski definition) is 3. The van der Waals surface area contributed by atoms with E-state index >= 15 is 0 Å². The third kappa shape index (κ3) is 2.46. The van der Waals surface area contributed by atoms with Crippen LogP contribution in [0.5, 0.6) is 5.75 Å². The van der Waals surface area contributed by atoms with Gasteiger partial charge in [0.25, 0.3) is 0 Å². The zero-order chi connectivity index (χ0) is 13.2. The predicted octanol–water partition coefficient (Wildman–Crippen LogP) is 2.28. The number of hydrogen-bond acceptors (Lipinski definition) is 5. The van der Waals surface area contributed by atoms with Crippen LogP contribution >= 0.6 is 22.6 Å². The van der Waals surface area contributed by atoms with Crippen LogP contribution in [0.15, 0.2) is 30.7 Å². The molecule has 1 aromatic carbocycles. The number of halogens is 1. The van der Waals surface area contributed by atoms with E-state index in [9.17, 15) is 5.11 Å². The molecule has 0 radical (unpaired) electrons. The Hall–Kier alpha value is -1.90. The highest BCUT2D eigenvalue weighted by Gasteiger charge is 2.06. The van der Waals surface area contributed by atoms with Gasteiger partial charge in [-0.15, -0.1) is 0 Å². The lowest BCUT2D eigenvalue weighted by molar-refractivity contribution is 0.465. The fourth-order valence-electron chi connectivity index (χ4n) is 1.70. The van der Waals surface area contributed by atoms with Crippen molar-refractivity contribution in [3.63, 3.8) is 0 Å². The van der Waals surface area contributed by atoms with Gasteiger partial charge in [-0.25, -0.2) is 9.97 Å². The molecule has 0 aliphatic rings. The molecule has 0 amide bonds. The van der Waals surface area contributed by atoms with E-state index in [1.165, 1.54) is 0 Å². The average molecular weight is 367 g/mol. The van der Waals surface area contributed by atoms with Crippen LogP contribution in [0.4, 0.5) is 5.95 Å². The van der Waals surface area contributed by atoms with Gasteiger partial charge in [-0.3, -0.25) is 0 Å². The largest absolute Gasteiger partial charge is 0.506 e. The molecular weight excluding hydrogens is 357 g/mol. The van der Waals surface area contributed by atoms with Crippen molar-refractivity contribution in [1.29, 1.82) is 0 Å². The van der Waals surface area contributed by atoms with Crippen molar-refractivity contribution >= 4 is 39.7 Å². The van der Waals surface area contributed by atoms with Gasteiger partial charge in [-0.1, -0.05) is 12.1 Å². The number of anilines is 1. The van der Waals surface area contributed by atoms with Crippen molar-refractivity contribution in [2.24, 2.45) is 0 Å². The van der Waals surface area contributed by atoms with Crippen LogP contribution in [0, 0.1) is 3.57 Å². The molecule has 0 unspecified atom stereocenters. The molecule has 0 fully saturated rings. The minimum Gasteiger partial charge on any atom is -0.506 e. The van der Waals surface area contributed by atoms with Crippen LogP contribution < -0.4 is 5.32 Å². The van der Waals surface area contributed by atoms with Gasteiger partial charge in [0, 0.05) is 12.1 Å². The molecule has 0 bridgehead atoms. The minimum absolute atomic E-state index is 0.288. The fourth-order valence-corrected chi connectivity index (χ4v) is 2.25. The van der Waals surface area contributed by atoms with Crippen LogP contribution in [0.25, 0.3) is 11.2 Å². The summed E-state index contributed by atoms with van der Waals surface area (Å²) < 4.78 is 0.820. The Labute approximate surface area is 122 Å². The molecule has 96 valence electrons. The summed E-state index contributed by atoms with van der Waals surface area (Å²) in [6.45, 7) is 0.457. The van der Waals surface area contributed by atoms with Crippen LogP contribution in [0.3, 0.4) is 0 Å². The van der Waals surface area contributed by atoms with Gasteiger partial charge in [0.05, 0.1) is 16.1 Å². The minimum atomic E-state index is 0.288. The second-order valence-corrected chi connectivity index (χ2v) is 5.10. The topological polar surface area (TPSA) is 86.7 Å². The Kier molecular flexibility index (Phi) is 3.20. The third-order valence-corrected chi connectivity index (χ3v) is 3.55. The maximum Gasteiger partial charge on any atom is 0.225 e. The van der Waals surface area contributed by atoms with Gasteiger partial charge >= 0.3 is 0 Å². The van der Waals surface area contributed by atoms with Crippen molar-refractivity contribution < 1.29 is 5.11 Å². The Morgan fingerprint density at radius 1 is 1.32 bits per heavy atom. The van der Waals surface area contributed by atoms with Gasteiger partial charge in [-0.05, 0) is 28.7 Å². The molecule has 0 atom stereocenters. The summed E-state index contributed by atoms with van der Waals surface area (Å²) in [5.74, 6) is 0.773. The summed E-state index contributed by atoms with van der Waals surface area (Å²) in [4.78, 5) is 15.4. The van der Waals surface area contributed by atoms with E-state index in [4.69, 9.17) is 0 Å². The number of rotatable bonds is 3. The van der Waals surface area contributed by atoms with Gasteiger partial charge in [-0.2, -0.15) is 4.98 Å². The molecule has 6 nitrogen and oxygen atoms in total. The zero-order valence-electron chi connectivity index (χ0n) is 9.76. The van der Waals surface area contributed by atoms with Crippen molar-refractivity contribution in [3.05, 3.63) is 39.9 Å². The van der Waals surface area contributed by atoms with E-state index in [2.05, 4.69) is 47.8 Å². The third-order valence-electron chi connectivity index (χ3n) is 2.68. The highest BCUT2D eigenvalue weighted by Crippen LogP contribution is 2.24. The van der Waals surface area contributed by atoms with E-state index in [-0.39, 0.29) is 5.75 Å². The van der Waals surface area contributed by atoms with E-state index in [1.54, 1.807) is 12.5 Å². The second-order valence-electron chi connectivity index (χ2n) is 3.93. The Balaban J connectivity index is 1.80. The summed E-state index contributed by atoms with van der Waals surface area (Å²) in [7, 11) is 0. The van der Waals surface area contributed by atoms with Crippen LogP contribution in [0.1, 0.15) is 5.56 Å². The lowest BCUT2D eigenvalue weighted by Crippen LogP contribution is -2.04. The number of fused-ring (bicyclic) bond motifs is 1. The maximum atomic E-state index is 9.91. The summed E-state index contributed by atoms with van der Waals surface area (Å²) in [6, 6.07) is 5.61. The highest BCUT2D eigenvalue weighted by atomic mass is 127. The number of aromatic hydroxyl groups is 1. The van der Waals surface area contributed by atoms with Gasteiger partial charge in [0.15, 0.2) is 5.65 Å². The molecule has 0 saturated carbocycles. The molecule has 3 aromatic rings. The molecule has 7 heteroatoms. The first kappa shape index (κ1) is 12.2. The average Bonchev–Trinajstić information content (AvgIpc) is 2.88. The van der Waals surface area contributed by atoms with Crippen LogP contribution in [0.2, 0.25) is 0 Å². The van der Waals surface area contributed by atoms with E-state index < -0.39 is 0 Å². The SMILES string of the molecule is Oc1c(I)cccc1CNc1ncc2[nH]cnc2n1. The van der Waals surface area contributed by atoms with E-state index in [0.717, 1.165) is 14.7 Å². The smallest absolute Gasteiger partial charge is 0.225 e. The van der Waals surface area contributed by atoms with Crippen molar-refractivity contribution in [1.82, 2.24) is 19.9 Å². The Morgan fingerprint density at radius 2 is 2.21 bits per heavy atom. The van der Waals surface area contributed by atoms with Gasteiger partial charge < -0.3 is 15.4 Å². The molecular formula is C12H10IN5O. The lowest BCUT2D eigenvalue weighted by atomic mass is 10.2. The van der Waals surface area contributed by atoms with Crippen molar-refractivity contribution in [2.45, 2.75) is 6.54 Å². The van der Waals surface area contributed by atoms with Gasteiger partial charge in [0.1, 0.15) is 11.3 Å². The summed E-state index contributed by atoms with van der Waals surface area (Å²) in [5, 5.41) is 13.0. The number of nitrogens with one attached hydrogen (secondary N) is 2. The molecule has 0 saturated heterocycles.